The number of hydrogen-bond donors (Lipinski definition) is 2. The molecule has 0 spiro atoms. The topological polar surface area (TPSA) is 135 Å². The van der Waals surface area contributed by atoms with Gasteiger partial charge in [0.1, 0.15) is 10.8 Å². The highest BCUT2D eigenvalue weighted by atomic mass is 32.2. The number of allylic oxidation sites excluding steroid dienone is 1. The van der Waals surface area contributed by atoms with Crippen molar-refractivity contribution in [3.05, 3.63) is 34.8 Å². The van der Waals surface area contributed by atoms with Gasteiger partial charge in [-0.25, -0.2) is 4.99 Å². The van der Waals surface area contributed by atoms with E-state index in [1.807, 2.05) is 0 Å². The maximum Gasteiger partial charge on any atom is 0.227 e. The van der Waals surface area contributed by atoms with E-state index < -0.39 is 23.7 Å². The second kappa shape index (κ2) is 6.49. The maximum atomic E-state index is 11.8. The van der Waals surface area contributed by atoms with Crippen molar-refractivity contribution < 1.29 is 14.0 Å². The highest BCUT2D eigenvalue weighted by Gasteiger charge is 2.40. The van der Waals surface area contributed by atoms with Gasteiger partial charge >= 0.3 is 0 Å². The van der Waals surface area contributed by atoms with Crippen LogP contribution in [0, 0.1) is 17.2 Å². The maximum absolute atomic E-state index is 11.8. The Morgan fingerprint density at radius 3 is 2.73 bits per heavy atom. The van der Waals surface area contributed by atoms with E-state index in [0.29, 0.717) is 16.5 Å². The third-order valence-electron chi connectivity index (χ3n) is 3.23. The van der Waals surface area contributed by atoms with E-state index in [9.17, 15) is 14.9 Å². The minimum atomic E-state index is -0.765. The zero-order valence-electron chi connectivity index (χ0n) is 11.8. The Bertz CT molecular complexity index is 700. The van der Waals surface area contributed by atoms with Gasteiger partial charge in [-0.1, -0.05) is 11.8 Å². The highest BCUT2D eigenvalue weighted by molar-refractivity contribution is 8.03. The molecule has 1 aliphatic rings. The lowest BCUT2D eigenvalue weighted by molar-refractivity contribution is -0.120. The SMILES string of the molecule is CC1=NC(SCC(N)=O)=C(C#N)[C@H](c2ccco2)C1C(N)=O. The first kappa shape index (κ1) is 15.9. The van der Waals surface area contributed by atoms with E-state index in [-0.39, 0.29) is 11.3 Å². The third kappa shape index (κ3) is 3.04. The van der Waals surface area contributed by atoms with E-state index in [1.54, 1.807) is 19.1 Å². The average molecular weight is 318 g/mol. The number of primary amides is 2. The van der Waals surface area contributed by atoms with Crippen molar-refractivity contribution in [3.8, 4) is 6.07 Å². The van der Waals surface area contributed by atoms with E-state index in [4.69, 9.17) is 15.9 Å². The van der Waals surface area contributed by atoms with Gasteiger partial charge in [0, 0.05) is 5.71 Å². The zero-order chi connectivity index (χ0) is 16.3. The predicted molar refractivity (Wildman–Crippen MR) is 81.5 cm³/mol. The Kier molecular flexibility index (Phi) is 4.68. The number of carbonyl (C=O) groups excluding carboxylic acids is 2. The first-order chi connectivity index (χ1) is 10.5. The Morgan fingerprint density at radius 1 is 1.50 bits per heavy atom. The Hall–Kier alpha value is -2.53. The summed E-state index contributed by atoms with van der Waals surface area (Å²) in [6, 6.07) is 5.39. The molecule has 1 aliphatic heterocycles. The first-order valence-electron chi connectivity index (χ1n) is 6.39. The highest BCUT2D eigenvalue weighted by Crippen LogP contribution is 2.41. The number of furan rings is 1. The summed E-state index contributed by atoms with van der Waals surface area (Å²) in [5.41, 5.74) is 11.3. The normalized spacial score (nSPS) is 21.2. The number of carbonyl (C=O) groups is 2. The van der Waals surface area contributed by atoms with Gasteiger partial charge in [-0.3, -0.25) is 9.59 Å². The summed E-state index contributed by atoms with van der Waals surface area (Å²) in [4.78, 5) is 27.0. The molecule has 2 atom stereocenters. The fourth-order valence-corrected chi connectivity index (χ4v) is 3.16. The Balaban J connectivity index is 2.52. The lowest BCUT2D eigenvalue weighted by Crippen LogP contribution is -2.37. The number of aliphatic imine (C=N–C) groups is 1. The molecule has 2 heterocycles. The standard InChI is InChI=1S/C14H14N4O3S/c1-7-11(13(17)20)12(9-3-2-4-21-9)8(5-15)14(18-7)22-6-10(16)19/h2-4,11-12H,6H2,1H3,(H2,16,19)(H2,17,20)/t11?,12-/m1/s1. The summed E-state index contributed by atoms with van der Waals surface area (Å²) < 4.78 is 5.36. The second-order valence-corrected chi connectivity index (χ2v) is 5.68. The van der Waals surface area contributed by atoms with Crippen LogP contribution < -0.4 is 11.5 Å². The fourth-order valence-electron chi connectivity index (χ4n) is 2.34. The van der Waals surface area contributed by atoms with Crippen LogP contribution in [0.2, 0.25) is 0 Å². The molecular formula is C14H14N4O3S. The number of hydrogen-bond acceptors (Lipinski definition) is 6. The summed E-state index contributed by atoms with van der Waals surface area (Å²) in [6.45, 7) is 1.66. The molecule has 0 saturated heterocycles. The molecule has 0 saturated carbocycles. The smallest absolute Gasteiger partial charge is 0.227 e. The lowest BCUT2D eigenvalue weighted by atomic mass is 9.80. The van der Waals surface area contributed by atoms with Crippen LogP contribution in [0.1, 0.15) is 18.6 Å². The third-order valence-corrected chi connectivity index (χ3v) is 4.24. The van der Waals surface area contributed by atoms with E-state index in [2.05, 4.69) is 11.1 Å². The molecule has 8 heteroatoms. The van der Waals surface area contributed by atoms with Crippen LogP contribution in [0.15, 0.2) is 38.4 Å². The monoisotopic (exact) mass is 318 g/mol. The summed E-state index contributed by atoms with van der Waals surface area (Å²) >= 11 is 1.06. The number of thioether (sulfide) groups is 1. The van der Waals surface area contributed by atoms with Crippen molar-refractivity contribution in [2.24, 2.45) is 22.4 Å². The Morgan fingerprint density at radius 2 is 2.23 bits per heavy atom. The van der Waals surface area contributed by atoms with E-state index in [1.165, 1.54) is 6.26 Å². The van der Waals surface area contributed by atoms with Crippen LogP contribution in [-0.4, -0.2) is 23.3 Å². The molecule has 4 N–H and O–H groups in total. The van der Waals surface area contributed by atoms with E-state index >= 15 is 0 Å². The molecule has 22 heavy (non-hydrogen) atoms. The molecule has 2 rings (SSSR count). The van der Waals surface area contributed by atoms with Crippen LogP contribution in [0.5, 0.6) is 0 Å². The van der Waals surface area contributed by atoms with Crippen LogP contribution >= 0.6 is 11.8 Å². The molecule has 0 fully saturated rings. The van der Waals surface area contributed by atoms with Gasteiger partial charge in [0.25, 0.3) is 0 Å². The molecule has 7 nitrogen and oxygen atoms in total. The molecule has 0 bridgehead atoms. The number of nitrogens with two attached hydrogens (primary N) is 2. The number of nitrogens with zero attached hydrogens (tertiary/aromatic N) is 2. The molecule has 0 aliphatic carbocycles. The van der Waals surface area contributed by atoms with Crippen molar-refractivity contribution in [2.45, 2.75) is 12.8 Å². The van der Waals surface area contributed by atoms with Gasteiger partial charge < -0.3 is 15.9 Å². The van der Waals surface area contributed by atoms with Crippen LogP contribution in [0.25, 0.3) is 0 Å². The molecule has 0 aromatic carbocycles. The summed E-state index contributed by atoms with van der Waals surface area (Å²) in [6.07, 6.45) is 1.46. The quantitative estimate of drug-likeness (QED) is 0.831. The van der Waals surface area contributed by atoms with Gasteiger partial charge in [-0.15, -0.1) is 0 Å². The van der Waals surface area contributed by atoms with Gasteiger partial charge in [0.05, 0.1) is 35.5 Å². The van der Waals surface area contributed by atoms with Gasteiger partial charge in [0.15, 0.2) is 0 Å². The van der Waals surface area contributed by atoms with E-state index in [0.717, 1.165) is 11.8 Å². The average Bonchev–Trinajstić information content (AvgIpc) is 2.97. The number of amides is 2. The molecule has 114 valence electrons. The number of nitriles is 1. The molecular weight excluding hydrogens is 304 g/mol. The lowest BCUT2D eigenvalue weighted by Gasteiger charge is -2.27. The summed E-state index contributed by atoms with van der Waals surface area (Å²) in [7, 11) is 0. The molecule has 1 aromatic rings. The van der Waals surface area contributed by atoms with Crippen molar-refractivity contribution in [3.63, 3.8) is 0 Å². The fraction of sp³-hybridized carbons (Fsp3) is 0.286. The molecule has 1 unspecified atom stereocenters. The van der Waals surface area contributed by atoms with Crippen molar-refractivity contribution in [1.29, 1.82) is 5.26 Å². The summed E-state index contributed by atoms with van der Waals surface area (Å²) in [5, 5.41) is 9.84. The zero-order valence-corrected chi connectivity index (χ0v) is 12.6. The molecule has 2 amide bonds. The van der Waals surface area contributed by atoms with Crippen LogP contribution in [0.4, 0.5) is 0 Å². The number of rotatable bonds is 5. The molecule has 0 radical (unpaired) electrons. The van der Waals surface area contributed by atoms with Crippen molar-refractivity contribution >= 4 is 29.3 Å². The van der Waals surface area contributed by atoms with Crippen molar-refractivity contribution in [1.82, 2.24) is 0 Å². The van der Waals surface area contributed by atoms with Crippen molar-refractivity contribution in [2.75, 3.05) is 5.75 Å². The predicted octanol–water partition coefficient (Wildman–Crippen LogP) is 0.893. The first-order valence-corrected chi connectivity index (χ1v) is 7.37. The van der Waals surface area contributed by atoms with Gasteiger partial charge in [0.2, 0.25) is 11.8 Å². The van der Waals surface area contributed by atoms with Gasteiger partial charge in [-0.05, 0) is 19.1 Å². The minimum Gasteiger partial charge on any atom is -0.469 e. The Labute approximate surface area is 131 Å². The largest absolute Gasteiger partial charge is 0.469 e. The second-order valence-electron chi connectivity index (χ2n) is 4.71. The summed E-state index contributed by atoms with van der Waals surface area (Å²) in [5.74, 6) is -2.08. The van der Waals surface area contributed by atoms with Crippen LogP contribution in [0.3, 0.4) is 0 Å². The van der Waals surface area contributed by atoms with Gasteiger partial charge in [-0.2, -0.15) is 5.26 Å². The minimum absolute atomic E-state index is 0.0105. The van der Waals surface area contributed by atoms with Crippen LogP contribution in [-0.2, 0) is 9.59 Å². The molecule has 1 aromatic heterocycles.